The molecule has 0 saturated heterocycles. The van der Waals surface area contributed by atoms with Gasteiger partial charge in [-0.2, -0.15) is 0 Å². The number of aliphatic imine (C=N–C) groups is 2. The van der Waals surface area contributed by atoms with Crippen LogP contribution in [0.15, 0.2) is 46.4 Å². The largest absolute Gasteiger partial charge is 0.504 e. The minimum Gasteiger partial charge on any atom is -0.504 e. The summed E-state index contributed by atoms with van der Waals surface area (Å²) in [5.41, 5.74) is 3.24. The van der Waals surface area contributed by atoms with E-state index >= 15 is 0 Å². The predicted molar refractivity (Wildman–Crippen MR) is 93.2 cm³/mol. The number of phenolic OH excluding ortho intramolecular Hbond substituents is 1. The Labute approximate surface area is 140 Å². The summed E-state index contributed by atoms with van der Waals surface area (Å²) in [5, 5.41) is 10.5. The fourth-order valence-corrected chi connectivity index (χ4v) is 2.77. The third-order valence-electron chi connectivity index (χ3n) is 3.78. The molecule has 1 N–H and O–H groups in total. The number of halogens is 1. The number of hydrogen-bond donors (Lipinski definition) is 1. The molecule has 0 radical (unpaired) electrons. The number of hydrogen-bond acceptors (Lipinski definition) is 4. The second-order valence-corrected chi connectivity index (χ2v) is 5.79. The maximum Gasteiger partial charge on any atom is 0.160 e. The van der Waals surface area contributed by atoms with E-state index in [0.717, 1.165) is 16.1 Å². The first-order chi connectivity index (χ1) is 11.2. The SMILES string of the molecule is COc1ccc(CN=CC2C=NCc3ccc(Cl)cc32)cc1O. The van der Waals surface area contributed by atoms with Crippen LogP contribution in [0.25, 0.3) is 0 Å². The van der Waals surface area contributed by atoms with Crippen molar-refractivity contribution in [3.8, 4) is 11.5 Å². The molecular weight excluding hydrogens is 312 g/mol. The highest BCUT2D eigenvalue weighted by atomic mass is 35.5. The average Bonchev–Trinajstić information content (AvgIpc) is 2.55. The van der Waals surface area contributed by atoms with Gasteiger partial charge in [0.1, 0.15) is 0 Å². The molecular formula is C18H17ClN2O2. The molecule has 0 aliphatic carbocycles. The number of aromatic hydroxyl groups is 1. The molecule has 0 saturated carbocycles. The summed E-state index contributed by atoms with van der Waals surface area (Å²) in [7, 11) is 1.53. The number of nitrogens with zero attached hydrogens (tertiary/aromatic N) is 2. The van der Waals surface area contributed by atoms with E-state index in [0.29, 0.717) is 18.8 Å². The third kappa shape index (κ3) is 3.54. The van der Waals surface area contributed by atoms with Gasteiger partial charge in [-0.3, -0.25) is 9.98 Å². The Morgan fingerprint density at radius 1 is 1.35 bits per heavy atom. The fraction of sp³-hybridized carbons (Fsp3) is 0.222. The zero-order valence-electron chi connectivity index (χ0n) is 12.7. The Hall–Kier alpha value is -2.33. The number of fused-ring (bicyclic) bond motifs is 1. The molecule has 5 heteroatoms. The van der Waals surface area contributed by atoms with Crippen molar-refractivity contribution in [2.45, 2.75) is 19.0 Å². The van der Waals surface area contributed by atoms with E-state index in [1.54, 1.807) is 12.1 Å². The first kappa shape index (κ1) is 15.6. The maximum absolute atomic E-state index is 9.79. The number of rotatable bonds is 4. The molecule has 0 aromatic heterocycles. The van der Waals surface area contributed by atoms with Crippen molar-refractivity contribution >= 4 is 24.0 Å². The van der Waals surface area contributed by atoms with Gasteiger partial charge in [-0.15, -0.1) is 0 Å². The zero-order valence-corrected chi connectivity index (χ0v) is 13.5. The quantitative estimate of drug-likeness (QED) is 0.863. The summed E-state index contributed by atoms with van der Waals surface area (Å²) in [6.07, 6.45) is 3.77. The van der Waals surface area contributed by atoms with Gasteiger partial charge in [-0.25, -0.2) is 0 Å². The number of methoxy groups -OCH3 is 1. The average molecular weight is 329 g/mol. The number of phenols is 1. The van der Waals surface area contributed by atoms with Crippen LogP contribution in [0.4, 0.5) is 0 Å². The highest BCUT2D eigenvalue weighted by Crippen LogP contribution is 2.27. The molecule has 1 unspecified atom stereocenters. The van der Waals surface area contributed by atoms with Crippen LogP contribution in [0.2, 0.25) is 5.02 Å². The number of benzene rings is 2. The number of ether oxygens (including phenoxy) is 1. The molecule has 1 aliphatic rings. The maximum atomic E-state index is 9.79. The minimum atomic E-state index is 0.0318. The molecule has 0 fully saturated rings. The lowest BCUT2D eigenvalue weighted by atomic mass is 9.94. The predicted octanol–water partition coefficient (Wildman–Crippen LogP) is 3.99. The van der Waals surface area contributed by atoms with Crippen molar-refractivity contribution in [2.75, 3.05) is 7.11 Å². The van der Waals surface area contributed by atoms with Crippen LogP contribution in [0.3, 0.4) is 0 Å². The van der Waals surface area contributed by atoms with Crippen molar-refractivity contribution in [1.29, 1.82) is 0 Å². The van der Waals surface area contributed by atoms with Crippen LogP contribution in [0, 0.1) is 0 Å². The van der Waals surface area contributed by atoms with Crippen LogP contribution in [0.5, 0.6) is 11.5 Å². The molecule has 118 valence electrons. The topological polar surface area (TPSA) is 54.2 Å². The molecule has 2 aromatic rings. The van der Waals surface area contributed by atoms with Crippen molar-refractivity contribution in [1.82, 2.24) is 0 Å². The Bertz CT molecular complexity index is 772. The van der Waals surface area contributed by atoms with E-state index in [1.165, 1.54) is 12.7 Å². The highest BCUT2D eigenvalue weighted by Gasteiger charge is 2.15. The first-order valence-electron chi connectivity index (χ1n) is 7.31. The van der Waals surface area contributed by atoms with Gasteiger partial charge in [-0.05, 0) is 41.0 Å². The molecule has 1 aliphatic heterocycles. The van der Waals surface area contributed by atoms with Crippen LogP contribution in [-0.4, -0.2) is 24.6 Å². The van der Waals surface area contributed by atoms with Crippen LogP contribution >= 0.6 is 11.6 Å². The Balaban J connectivity index is 1.74. The van der Waals surface area contributed by atoms with Crippen molar-refractivity contribution < 1.29 is 9.84 Å². The summed E-state index contributed by atoms with van der Waals surface area (Å²) in [6, 6.07) is 11.1. The molecule has 0 spiro atoms. The van der Waals surface area contributed by atoms with E-state index in [-0.39, 0.29) is 11.7 Å². The van der Waals surface area contributed by atoms with Crippen LogP contribution < -0.4 is 4.74 Å². The van der Waals surface area contributed by atoms with E-state index in [9.17, 15) is 5.11 Å². The Kier molecular flexibility index (Phi) is 4.63. The smallest absolute Gasteiger partial charge is 0.160 e. The lowest BCUT2D eigenvalue weighted by Gasteiger charge is -2.17. The van der Waals surface area contributed by atoms with Gasteiger partial charge in [-0.1, -0.05) is 23.7 Å². The fourth-order valence-electron chi connectivity index (χ4n) is 2.59. The van der Waals surface area contributed by atoms with Gasteiger partial charge < -0.3 is 9.84 Å². The molecule has 2 aromatic carbocycles. The van der Waals surface area contributed by atoms with Crippen molar-refractivity contribution in [3.63, 3.8) is 0 Å². The summed E-state index contributed by atoms with van der Waals surface area (Å²) in [6.45, 7) is 1.17. The minimum absolute atomic E-state index is 0.0318. The molecule has 1 atom stereocenters. The van der Waals surface area contributed by atoms with E-state index in [1.807, 2.05) is 36.7 Å². The second-order valence-electron chi connectivity index (χ2n) is 5.35. The normalized spacial score (nSPS) is 16.5. The van der Waals surface area contributed by atoms with Crippen LogP contribution in [-0.2, 0) is 13.1 Å². The van der Waals surface area contributed by atoms with E-state index < -0.39 is 0 Å². The zero-order chi connectivity index (χ0) is 16.2. The lowest BCUT2D eigenvalue weighted by molar-refractivity contribution is 0.373. The van der Waals surface area contributed by atoms with E-state index in [2.05, 4.69) is 9.98 Å². The Morgan fingerprint density at radius 2 is 2.22 bits per heavy atom. The molecule has 0 bridgehead atoms. The van der Waals surface area contributed by atoms with Gasteiger partial charge in [0.2, 0.25) is 0 Å². The summed E-state index contributed by atoms with van der Waals surface area (Å²) >= 11 is 6.09. The lowest BCUT2D eigenvalue weighted by Crippen LogP contribution is -2.10. The summed E-state index contributed by atoms with van der Waals surface area (Å²) in [5.74, 6) is 0.613. The van der Waals surface area contributed by atoms with Gasteiger partial charge >= 0.3 is 0 Å². The standard InChI is InChI=1S/C18H17ClN2O2/c1-23-18-5-2-12(6-17(18)22)8-20-10-14-11-21-9-13-3-4-15(19)7-16(13)14/h2-7,10-11,14,22H,8-9H2,1H3. The third-order valence-corrected chi connectivity index (χ3v) is 4.01. The summed E-state index contributed by atoms with van der Waals surface area (Å²) < 4.78 is 5.03. The molecule has 0 amide bonds. The van der Waals surface area contributed by atoms with Gasteiger partial charge in [0.05, 0.1) is 26.1 Å². The van der Waals surface area contributed by atoms with Gasteiger partial charge in [0.25, 0.3) is 0 Å². The molecule has 1 heterocycles. The second kappa shape index (κ2) is 6.84. The van der Waals surface area contributed by atoms with Gasteiger partial charge in [0.15, 0.2) is 11.5 Å². The molecule has 3 rings (SSSR count). The molecule has 4 nitrogen and oxygen atoms in total. The van der Waals surface area contributed by atoms with E-state index in [4.69, 9.17) is 16.3 Å². The van der Waals surface area contributed by atoms with Crippen molar-refractivity contribution in [2.24, 2.45) is 9.98 Å². The van der Waals surface area contributed by atoms with Crippen LogP contribution in [0.1, 0.15) is 22.6 Å². The Morgan fingerprint density at radius 3 is 3.00 bits per heavy atom. The van der Waals surface area contributed by atoms with Gasteiger partial charge in [0, 0.05) is 17.5 Å². The molecule has 23 heavy (non-hydrogen) atoms. The monoisotopic (exact) mass is 328 g/mol. The van der Waals surface area contributed by atoms with Crippen molar-refractivity contribution in [3.05, 3.63) is 58.1 Å². The highest BCUT2D eigenvalue weighted by molar-refractivity contribution is 6.30. The first-order valence-corrected chi connectivity index (χ1v) is 7.69. The summed E-state index contributed by atoms with van der Waals surface area (Å²) in [4.78, 5) is 8.86.